The van der Waals surface area contributed by atoms with Gasteiger partial charge >= 0.3 is 5.97 Å². The summed E-state index contributed by atoms with van der Waals surface area (Å²) in [5.41, 5.74) is 0.230. The van der Waals surface area contributed by atoms with E-state index in [0.29, 0.717) is 24.3 Å². The van der Waals surface area contributed by atoms with Crippen LogP contribution in [0.25, 0.3) is 0 Å². The van der Waals surface area contributed by atoms with Crippen LogP contribution in [0.4, 0.5) is 4.39 Å². The molecule has 2 aromatic rings. The molecule has 136 valence electrons. The molecule has 0 radical (unpaired) electrons. The van der Waals surface area contributed by atoms with Gasteiger partial charge in [-0.15, -0.1) is 0 Å². The van der Waals surface area contributed by atoms with Crippen LogP contribution in [0.3, 0.4) is 0 Å². The highest BCUT2D eigenvalue weighted by molar-refractivity contribution is 5.68. The summed E-state index contributed by atoms with van der Waals surface area (Å²) in [5, 5.41) is 8.75. The van der Waals surface area contributed by atoms with Crippen LogP contribution in [-0.2, 0) is 9.53 Å². The van der Waals surface area contributed by atoms with E-state index in [2.05, 4.69) is 0 Å². The molecule has 0 bridgehead atoms. The van der Waals surface area contributed by atoms with Crippen molar-refractivity contribution in [3.63, 3.8) is 0 Å². The lowest BCUT2D eigenvalue weighted by Crippen LogP contribution is -2.24. The standard InChI is InChI=1S/C20H20FNO4/c1-3-15(13-24-20(23)4-2)25-16-6-8-17(9-7-16)26-19-10-5-14(12-22)11-18(19)21/h5-11,15H,3-4,13H2,1-2H3. The molecule has 0 spiro atoms. The van der Waals surface area contributed by atoms with Crippen LogP contribution in [0, 0.1) is 17.1 Å². The van der Waals surface area contributed by atoms with Gasteiger partial charge in [0.25, 0.3) is 0 Å². The SMILES string of the molecule is CCC(=O)OCC(CC)Oc1ccc(Oc2ccc(C#N)cc2F)cc1. The van der Waals surface area contributed by atoms with Gasteiger partial charge in [-0.05, 0) is 48.9 Å². The van der Waals surface area contributed by atoms with Crippen molar-refractivity contribution in [2.24, 2.45) is 0 Å². The molecule has 5 nitrogen and oxygen atoms in total. The summed E-state index contributed by atoms with van der Waals surface area (Å²) < 4.78 is 30.2. The Kier molecular flexibility index (Phi) is 6.98. The summed E-state index contributed by atoms with van der Waals surface area (Å²) in [4.78, 5) is 11.2. The van der Waals surface area contributed by atoms with E-state index in [1.165, 1.54) is 12.1 Å². The number of hydrogen-bond acceptors (Lipinski definition) is 5. The normalized spacial score (nSPS) is 11.3. The Morgan fingerprint density at radius 2 is 1.85 bits per heavy atom. The molecule has 0 N–H and O–H groups in total. The lowest BCUT2D eigenvalue weighted by Gasteiger charge is -2.17. The van der Waals surface area contributed by atoms with Crippen LogP contribution < -0.4 is 9.47 Å². The van der Waals surface area contributed by atoms with Crippen molar-refractivity contribution in [3.8, 4) is 23.3 Å². The topological polar surface area (TPSA) is 68.6 Å². The lowest BCUT2D eigenvalue weighted by molar-refractivity contribution is -0.145. The van der Waals surface area contributed by atoms with E-state index < -0.39 is 5.82 Å². The molecule has 2 aromatic carbocycles. The van der Waals surface area contributed by atoms with Gasteiger partial charge in [0.15, 0.2) is 11.6 Å². The first-order chi connectivity index (χ1) is 12.5. The van der Waals surface area contributed by atoms with E-state index in [4.69, 9.17) is 19.5 Å². The van der Waals surface area contributed by atoms with E-state index in [1.54, 1.807) is 31.2 Å². The van der Waals surface area contributed by atoms with Gasteiger partial charge in [0, 0.05) is 6.42 Å². The van der Waals surface area contributed by atoms with Gasteiger partial charge in [0.1, 0.15) is 24.2 Å². The highest BCUT2D eigenvalue weighted by Crippen LogP contribution is 2.27. The third kappa shape index (κ3) is 5.49. The fourth-order valence-corrected chi connectivity index (χ4v) is 2.08. The molecule has 0 aromatic heterocycles. The molecule has 0 fully saturated rings. The minimum absolute atomic E-state index is 0.0376. The summed E-state index contributed by atoms with van der Waals surface area (Å²) in [6.07, 6.45) is 0.772. The number of carbonyl (C=O) groups is 1. The summed E-state index contributed by atoms with van der Waals surface area (Å²) in [5.74, 6) is 0.201. The number of carbonyl (C=O) groups excluding carboxylic acids is 1. The first kappa shape index (κ1) is 19.3. The number of rotatable bonds is 8. The van der Waals surface area contributed by atoms with Crippen molar-refractivity contribution < 1.29 is 23.4 Å². The van der Waals surface area contributed by atoms with Crippen LogP contribution in [-0.4, -0.2) is 18.7 Å². The molecule has 0 aliphatic carbocycles. The van der Waals surface area contributed by atoms with Gasteiger partial charge < -0.3 is 14.2 Å². The van der Waals surface area contributed by atoms with Crippen LogP contribution >= 0.6 is 0 Å². The van der Waals surface area contributed by atoms with Crippen LogP contribution in [0.15, 0.2) is 42.5 Å². The van der Waals surface area contributed by atoms with E-state index in [9.17, 15) is 9.18 Å². The smallest absolute Gasteiger partial charge is 0.305 e. The molecule has 0 aliphatic rings. The van der Waals surface area contributed by atoms with Gasteiger partial charge in [-0.1, -0.05) is 13.8 Å². The van der Waals surface area contributed by atoms with Gasteiger partial charge in [-0.25, -0.2) is 4.39 Å². The highest BCUT2D eigenvalue weighted by Gasteiger charge is 2.12. The molecule has 6 heteroatoms. The number of halogens is 1. The maximum atomic E-state index is 13.9. The third-order valence-corrected chi connectivity index (χ3v) is 3.59. The van der Waals surface area contributed by atoms with Crippen molar-refractivity contribution >= 4 is 5.97 Å². The van der Waals surface area contributed by atoms with Gasteiger partial charge in [0.05, 0.1) is 11.6 Å². The van der Waals surface area contributed by atoms with Crippen LogP contribution in [0.1, 0.15) is 32.3 Å². The first-order valence-corrected chi connectivity index (χ1v) is 8.35. The number of nitrogens with zero attached hydrogens (tertiary/aromatic N) is 1. The number of esters is 1. The number of nitriles is 1. The molecule has 1 unspecified atom stereocenters. The van der Waals surface area contributed by atoms with Gasteiger partial charge in [-0.2, -0.15) is 5.26 Å². The molecule has 2 rings (SSSR count). The number of hydrogen-bond donors (Lipinski definition) is 0. The van der Waals surface area contributed by atoms with Gasteiger partial charge in [0.2, 0.25) is 0 Å². The minimum Gasteiger partial charge on any atom is -0.487 e. The zero-order chi connectivity index (χ0) is 18.9. The fraction of sp³-hybridized carbons (Fsp3) is 0.300. The molecule has 0 saturated carbocycles. The summed E-state index contributed by atoms with van der Waals surface area (Å²) in [6, 6.07) is 12.6. The zero-order valence-electron chi connectivity index (χ0n) is 14.7. The average Bonchev–Trinajstić information content (AvgIpc) is 2.67. The molecule has 0 heterocycles. The Balaban J connectivity index is 1.97. The minimum atomic E-state index is -0.604. The van der Waals surface area contributed by atoms with Crippen molar-refractivity contribution in [1.82, 2.24) is 0 Å². The Morgan fingerprint density at radius 3 is 2.42 bits per heavy atom. The molecule has 0 amide bonds. The predicted molar refractivity (Wildman–Crippen MR) is 93.6 cm³/mol. The second-order valence-corrected chi connectivity index (χ2v) is 5.52. The van der Waals surface area contributed by atoms with E-state index >= 15 is 0 Å². The van der Waals surface area contributed by atoms with Crippen LogP contribution in [0.2, 0.25) is 0 Å². The maximum Gasteiger partial charge on any atom is 0.305 e. The Morgan fingerprint density at radius 1 is 1.15 bits per heavy atom. The van der Waals surface area contributed by atoms with E-state index in [0.717, 1.165) is 6.07 Å². The van der Waals surface area contributed by atoms with Crippen LogP contribution in [0.5, 0.6) is 17.2 Å². The average molecular weight is 357 g/mol. The maximum absolute atomic E-state index is 13.9. The van der Waals surface area contributed by atoms with Crippen molar-refractivity contribution in [2.75, 3.05) is 6.61 Å². The number of benzene rings is 2. The molecule has 1 atom stereocenters. The van der Waals surface area contributed by atoms with Crippen molar-refractivity contribution in [3.05, 3.63) is 53.8 Å². The number of ether oxygens (including phenoxy) is 3. The lowest BCUT2D eigenvalue weighted by atomic mass is 10.2. The molecular formula is C20H20FNO4. The fourth-order valence-electron chi connectivity index (χ4n) is 2.08. The Labute approximate surface area is 151 Å². The third-order valence-electron chi connectivity index (χ3n) is 3.59. The Hall–Kier alpha value is -3.07. The summed E-state index contributed by atoms with van der Waals surface area (Å²) in [6.45, 7) is 3.87. The molecule has 0 aliphatic heterocycles. The second kappa shape index (κ2) is 9.42. The van der Waals surface area contributed by atoms with E-state index in [1.807, 2.05) is 13.0 Å². The Bertz CT molecular complexity index is 783. The summed E-state index contributed by atoms with van der Waals surface area (Å²) in [7, 11) is 0. The molecular weight excluding hydrogens is 337 g/mol. The quantitative estimate of drug-likeness (QED) is 0.646. The predicted octanol–water partition coefficient (Wildman–Crippen LogP) is 4.60. The monoisotopic (exact) mass is 357 g/mol. The van der Waals surface area contributed by atoms with Crippen molar-refractivity contribution in [2.45, 2.75) is 32.8 Å². The zero-order valence-corrected chi connectivity index (χ0v) is 14.7. The molecule has 0 saturated heterocycles. The largest absolute Gasteiger partial charge is 0.487 e. The molecule has 26 heavy (non-hydrogen) atoms. The highest BCUT2D eigenvalue weighted by atomic mass is 19.1. The first-order valence-electron chi connectivity index (χ1n) is 8.35. The van der Waals surface area contributed by atoms with E-state index in [-0.39, 0.29) is 30.0 Å². The van der Waals surface area contributed by atoms with Crippen molar-refractivity contribution in [1.29, 1.82) is 5.26 Å². The van der Waals surface area contributed by atoms with Gasteiger partial charge in [-0.3, -0.25) is 4.79 Å². The summed E-state index contributed by atoms with van der Waals surface area (Å²) >= 11 is 0. The second-order valence-electron chi connectivity index (χ2n) is 5.52.